The van der Waals surface area contributed by atoms with Gasteiger partial charge in [0.25, 0.3) is 17.5 Å². The van der Waals surface area contributed by atoms with Crippen molar-refractivity contribution in [1.29, 1.82) is 0 Å². The first-order valence-corrected chi connectivity index (χ1v) is 15.2. The molecule has 13 nitrogen and oxygen atoms in total. The Kier molecular flexibility index (Phi) is 9.55. The number of fused-ring (bicyclic) bond motifs is 1. The van der Waals surface area contributed by atoms with Crippen LogP contribution in [-0.4, -0.2) is 75.2 Å². The molecule has 4 amide bonds. The van der Waals surface area contributed by atoms with Gasteiger partial charge in [-0.1, -0.05) is 36.0 Å². The average Bonchev–Trinajstić information content (AvgIpc) is 3.47. The van der Waals surface area contributed by atoms with Crippen molar-refractivity contribution in [1.82, 2.24) is 25.9 Å². The molecule has 2 aromatic heterocycles. The summed E-state index contributed by atoms with van der Waals surface area (Å²) in [6.45, 7) is 2.43. The number of carbonyl (C=O) groups is 4. The van der Waals surface area contributed by atoms with Crippen LogP contribution in [0.15, 0.2) is 52.1 Å². The van der Waals surface area contributed by atoms with E-state index in [9.17, 15) is 29.5 Å². The predicted molar refractivity (Wildman–Crippen MR) is 148 cm³/mol. The van der Waals surface area contributed by atoms with Crippen LogP contribution in [0.25, 0.3) is 0 Å². The number of aliphatic carboxylic acids is 1. The standard InChI is InChI=1S/C24H28N6O7S3/c1-3-4-9-25-23(35)26-17(15-7-6-11-38-15)19(31)27-24(37-2)21(34)30-18(20(32)33)14(13-40-22(24)30)12-39-16-8-5-10-29(36)28-16/h5-8,10-11,17,22H,3-4,9,12-13H2,1-2H3,(H,27,31)(H,32,33)(H2,25,26,35)/t17?,22?,24-/m0/s1. The minimum absolute atomic E-state index is 0.187. The van der Waals surface area contributed by atoms with Gasteiger partial charge in [-0.05, 0) is 29.5 Å². The number of thioether (sulfide) groups is 2. The van der Waals surface area contributed by atoms with Gasteiger partial charge in [0.15, 0.2) is 5.03 Å². The molecule has 40 heavy (non-hydrogen) atoms. The fourth-order valence-electron chi connectivity index (χ4n) is 4.19. The smallest absolute Gasteiger partial charge is 0.352 e. The summed E-state index contributed by atoms with van der Waals surface area (Å²) in [5.41, 5.74) is -1.56. The van der Waals surface area contributed by atoms with E-state index in [0.29, 0.717) is 26.9 Å². The number of hydrogen-bond acceptors (Lipinski definition) is 10. The van der Waals surface area contributed by atoms with Crippen LogP contribution in [0, 0.1) is 5.21 Å². The van der Waals surface area contributed by atoms with Crippen LogP contribution in [-0.2, 0) is 19.1 Å². The summed E-state index contributed by atoms with van der Waals surface area (Å²) in [6.07, 6.45) is 2.90. The van der Waals surface area contributed by atoms with Crippen molar-refractivity contribution in [3.05, 3.63) is 57.2 Å². The Balaban J connectivity index is 1.52. The van der Waals surface area contributed by atoms with E-state index < -0.39 is 41.0 Å². The van der Waals surface area contributed by atoms with Gasteiger partial charge in [-0.2, -0.15) is 0 Å². The Bertz CT molecular complexity index is 1310. The van der Waals surface area contributed by atoms with Crippen LogP contribution >= 0.6 is 34.9 Å². The fraction of sp³-hybridized carbons (Fsp3) is 0.417. The maximum absolute atomic E-state index is 13.5. The number of amides is 4. The number of carboxylic acid groups (broad SMARTS) is 1. The number of methoxy groups -OCH3 is 1. The zero-order valence-corrected chi connectivity index (χ0v) is 24.1. The van der Waals surface area contributed by atoms with Crippen LogP contribution in [0.2, 0.25) is 0 Å². The van der Waals surface area contributed by atoms with Gasteiger partial charge >= 0.3 is 12.0 Å². The molecule has 0 radical (unpaired) electrons. The van der Waals surface area contributed by atoms with Gasteiger partial charge in [0.2, 0.25) is 6.20 Å². The third kappa shape index (κ3) is 6.04. The topological polar surface area (TPSA) is 177 Å². The maximum Gasteiger partial charge on any atom is 0.352 e. The molecule has 2 aromatic rings. The van der Waals surface area contributed by atoms with Gasteiger partial charge in [0.05, 0.1) is 0 Å². The first-order valence-electron chi connectivity index (χ1n) is 12.3. The first kappa shape index (κ1) is 29.6. The van der Waals surface area contributed by atoms with Crippen LogP contribution in [0.1, 0.15) is 30.7 Å². The summed E-state index contributed by atoms with van der Waals surface area (Å²) in [6, 6.07) is 4.95. The third-order valence-corrected chi connectivity index (χ3v) is 9.49. The number of carbonyl (C=O) groups excluding carboxylic acids is 3. The Morgan fingerprint density at radius 2 is 2.17 bits per heavy atom. The monoisotopic (exact) mass is 608 g/mol. The number of thiophene rings is 1. The predicted octanol–water partition coefficient (Wildman–Crippen LogP) is 1.42. The van der Waals surface area contributed by atoms with E-state index in [4.69, 9.17) is 4.74 Å². The van der Waals surface area contributed by atoms with Gasteiger partial charge in [-0.25, -0.2) is 9.59 Å². The summed E-state index contributed by atoms with van der Waals surface area (Å²) < 4.78 is 5.55. The van der Waals surface area contributed by atoms with Crippen LogP contribution in [0.4, 0.5) is 4.79 Å². The summed E-state index contributed by atoms with van der Waals surface area (Å²) in [4.78, 5) is 53.8. The number of urea groups is 1. The van der Waals surface area contributed by atoms with E-state index in [-0.39, 0.29) is 17.2 Å². The van der Waals surface area contributed by atoms with Crippen LogP contribution in [0.5, 0.6) is 0 Å². The molecular weight excluding hydrogens is 581 g/mol. The molecule has 0 aromatic carbocycles. The van der Waals surface area contributed by atoms with Gasteiger partial charge in [0.1, 0.15) is 17.1 Å². The van der Waals surface area contributed by atoms with Crippen molar-refractivity contribution in [2.24, 2.45) is 0 Å². The summed E-state index contributed by atoms with van der Waals surface area (Å²) in [5, 5.41) is 34.6. The van der Waals surface area contributed by atoms with Crippen molar-refractivity contribution in [3.63, 3.8) is 0 Å². The van der Waals surface area contributed by atoms with Crippen molar-refractivity contribution >= 4 is 58.7 Å². The normalized spacial score (nSPS) is 20.8. The second kappa shape index (κ2) is 12.9. The number of rotatable bonds is 12. The van der Waals surface area contributed by atoms with Crippen molar-refractivity contribution < 1.29 is 33.9 Å². The Labute approximate surface area is 242 Å². The number of nitrogens with one attached hydrogen (secondary N) is 3. The highest BCUT2D eigenvalue weighted by Gasteiger charge is 2.67. The highest BCUT2D eigenvalue weighted by molar-refractivity contribution is 8.01. The molecule has 0 aliphatic carbocycles. The largest absolute Gasteiger partial charge is 0.594 e. The minimum atomic E-state index is -1.83. The highest BCUT2D eigenvalue weighted by Crippen LogP contribution is 2.47. The average molecular weight is 609 g/mol. The fourth-order valence-corrected chi connectivity index (χ4v) is 7.41. The Hall–Kier alpha value is -3.34. The molecule has 0 bridgehead atoms. The Morgan fingerprint density at radius 3 is 2.83 bits per heavy atom. The number of nitrogens with zero attached hydrogens (tertiary/aromatic N) is 3. The van der Waals surface area contributed by atoms with E-state index in [0.717, 1.165) is 17.7 Å². The van der Waals surface area contributed by atoms with E-state index in [1.807, 2.05) is 6.92 Å². The lowest BCUT2D eigenvalue weighted by molar-refractivity contribution is -0.672. The molecule has 2 unspecified atom stereocenters. The van der Waals surface area contributed by atoms with Crippen molar-refractivity contribution in [3.8, 4) is 0 Å². The number of carboxylic acids is 1. The summed E-state index contributed by atoms with van der Waals surface area (Å²) in [7, 11) is 1.26. The second-order valence-electron chi connectivity index (χ2n) is 8.76. The number of aromatic nitrogens is 2. The lowest BCUT2D eigenvalue weighted by Crippen LogP contribution is -2.81. The second-order valence-corrected chi connectivity index (χ2v) is 11.8. The first-order chi connectivity index (χ1) is 19.2. The minimum Gasteiger partial charge on any atom is -0.594 e. The van der Waals surface area contributed by atoms with E-state index in [2.05, 4.69) is 21.0 Å². The highest BCUT2D eigenvalue weighted by atomic mass is 32.2. The summed E-state index contributed by atoms with van der Waals surface area (Å²) >= 11 is 3.68. The number of ether oxygens (including phenoxy) is 1. The quantitative estimate of drug-likeness (QED) is 0.0688. The molecule has 16 heteroatoms. The van der Waals surface area contributed by atoms with Crippen LogP contribution in [0.3, 0.4) is 0 Å². The van der Waals surface area contributed by atoms with Crippen molar-refractivity contribution in [2.75, 3.05) is 25.2 Å². The third-order valence-electron chi connectivity index (χ3n) is 6.17. The SMILES string of the molecule is CCCCNC(=O)NC(C(=O)N[C@]1(OC)C(=O)N2C(C(=O)O)=C(CSc3ccc[n+]([O-])n3)CSC21)c1cccs1. The van der Waals surface area contributed by atoms with Crippen LogP contribution < -0.4 is 20.8 Å². The van der Waals surface area contributed by atoms with Gasteiger partial charge < -0.3 is 31.0 Å². The van der Waals surface area contributed by atoms with Gasteiger partial charge in [0, 0.05) is 41.2 Å². The molecule has 0 saturated carbocycles. The van der Waals surface area contributed by atoms with Crippen molar-refractivity contribution in [2.45, 2.75) is 41.9 Å². The van der Waals surface area contributed by atoms with E-state index in [1.54, 1.807) is 23.6 Å². The number of hydrogen-bond donors (Lipinski definition) is 4. The molecular formula is C24H28N6O7S3. The Morgan fingerprint density at radius 1 is 1.38 bits per heavy atom. The molecule has 214 valence electrons. The van der Waals surface area contributed by atoms with Gasteiger partial charge in [-0.15, -0.1) is 23.1 Å². The molecule has 1 fully saturated rings. The molecule has 3 atom stereocenters. The molecule has 2 aliphatic rings. The van der Waals surface area contributed by atoms with E-state index in [1.165, 1.54) is 54.2 Å². The zero-order chi connectivity index (χ0) is 28.9. The van der Waals surface area contributed by atoms with E-state index >= 15 is 0 Å². The van der Waals surface area contributed by atoms with Gasteiger partial charge in [-0.3, -0.25) is 14.5 Å². The molecule has 0 spiro atoms. The zero-order valence-electron chi connectivity index (χ0n) is 21.6. The lowest BCUT2D eigenvalue weighted by atomic mass is 9.97. The molecule has 4 N–H and O–H groups in total. The molecule has 4 heterocycles. The summed E-state index contributed by atoms with van der Waals surface area (Å²) in [5.74, 6) is -2.29. The molecule has 1 saturated heterocycles. The maximum atomic E-state index is 13.5. The molecule has 4 rings (SSSR count). The number of unbranched alkanes of at least 4 members (excludes halogenated alkanes) is 1. The lowest BCUT2D eigenvalue weighted by Gasteiger charge is -2.56. The molecule has 2 aliphatic heterocycles. The number of β-lactam (4-membered cyclic amide) rings is 1.